The van der Waals surface area contributed by atoms with E-state index in [0.717, 1.165) is 5.69 Å². The number of anilines is 1. The van der Waals surface area contributed by atoms with Crippen molar-refractivity contribution >= 4 is 11.6 Å². The summed E-state index contributed by atoms with van der Waals surface area (Å²) in [6.45, 7) is 2.48. The van der Waals surface area contributed by atoms with Crippen molar-refractivity contribution < 1.29 is 18.8 Å². The number of nitrogens with zero attached hydrogens (tertiary/aromatic N) is 3. The maximum Gasteiger partial charge on any atom is 0.232 e. The first-order valence-corrected chi connectivity index (χ1v) is 7.51. The average molecular weight is 317 g/mol. The van der Waals surface area contributed by atoms with Gasteiger partial charge in [-0.1, -0.05) is 12.1 Å². The second-order valence-electron chi connectivity index (χ2n) is 5.35. The fraction of sp³-hybridized carbons (Fsp3) is 0.438. The molecule has 2 aromatic rings. The van der Waals surface area contributed by atoms with Gasteiger partial charge >= 0.3 is 0 Å². The summed E-state index contributed by atoms with van der Waals surface area (Å²) in [5, 5.41) is 3.90. The van der Waals surface area contributed by atoms with E-state index in [4.69, 9.17) is 14.0 Å². The first kappa shape index (κ1) is 15.3. The van der Waals surface area contributed by atoms with Crippen molar-refractivity contribution in [2.45, 2.75) is 25.7 Å². The summed E-state index contributed by atoms with van der Waals surface area (Å²) >= 11 is 0. The van der Waals surface area contributed by atoms with Gasteiger partial charge in [0.1, 0.15) is 0 Å². The Labute approximate surface area is 134 Å². The maximum atomic E-state index is 12.4. The molecule has 23 heavy (non-hydrogen) atoms. The van der Waals surface area contributed by atoms with Crippen LogP contribution in [0.1, 0.15) is 31.0 Å². The molecule has 1 saturated heterocycles. The van der Waals surface area contributed by atoms with E-state index in [1.807, 2.05) is 13.0 Å². The summed E-state index contributed by atoms with van der Waals surface area (Å²) in [7, 11) is 3.15. The number of hydrogen-bond acceptors (Lipinski definition) is 6. The molecule has 0 bridgehead atoms. The molecular formula is C16H19N3O4. The minimum absolute atomic E-state index is 0.0264. The molecule has 1 aromatic carbocycles. The highest BCUT2D eigenvalue weighted by Gasteiger charge is 2.35. The number of carbonyl (C=O) groups excluding carboxylic acids is 1. The van der Waals surface area contributed by atoms with E-state index in [9.17, 15) is 4.79 Å². The van der Waals surface area contributed by atoms with Gasteiger partial charge in [0.15, 0.2) is 17.3 Å². The normalized spacial score (nSPS) is 17.6. The molecule has 0 saturated carbocycles. The van der Waals surface area contributed by atoms with Gasteiger partial charge in [-0.15, -0.1) is 0 Å². The summed E-state index contributed by atoms with van der Waals surface area (Å²) in [5.74, 6) is 2.35. The lowest BCUT2D eigenvalue weighted by Gasteiger charge is -2.18. The van der Waals surface area contributed by atoms with Gasteiger partial charge in [0.2, 0.25) is 11.8 Å². The zero-order valence-electron chi connectivity index (χ0n) is 13.4. The van der Waals surface area contributed by atoms with Crippen LogP contribution in [0.4, 0.5) is 5.69 Å². The minimum Gasteiger partial charge on any atom is -0.493 e. The number of hydrogen-bond donors (Lipinski definition) is 0. The van der Waals surface area contributed by atoms with E-state index in [2.05, 4.69) is 10.1 Å². The molecule has 0 aliphatic carbocycles. The predicted octanol–water partition coefficient (Wildman–Crippen LogP) is 2.17. The van der Waals surface area contributed by atoms with Crippen LogP contribution in [0.3, 0.4) is 0 Å². The summed E-state index contributed by atoms with van der Waals surface area (Å²) in [4.78, 5) is 18.4. The number of methoxy groups -OCH3 is 2. The van der Waals surface area contributed by atoms with E-state index in [1.165, 1.54) is 0 Å². The Hall–Kier alpha value is -2.57. The van der Waals surface area contributed by atoms with Crippen molar-refractivity contribution in [3.8, 4) is 11.5 Å². The van der Waals surface area contributed by atoms with E-state index >= 15 is 0 Å². The van der Waals surface area contributed by atoms with Crippen LogP contribution in [0, 0.1) is 0 Å². The van der Waals surface area contributed by atoms with Crippen molar-refractivity contribution in [2.75, 3.05) is 25.7 Å². The molecule has 1 unspecified atom stereocenters. The van der Waals surface area contributed by atoms with E-state index in [1.54, 1.807) is 31.3 Å². The molecule has 0 N–H and O–H groups in total. The second-order valence-corrected chi connectivity index (χ2v) is 5.35. The maximum absolute atomic E-state index is 12.4. The lowest BCUT2D eigenvalue weighted by atomic mass is 10.1. The molecule has 1 aliphatic rings. The topological polar surface area (TPSA) is 77.7 Å². The van der Waals surface area contributed by atoms with Crippen molar-refractivity contribution in [3.63, 3.8) is 0 Å². The lowest BCUT2D eigenvalue weighted by molar-refractivity contribution is -0.117. The fourth-order valence-electron chi connectivity index (χ4n) is 2.69. The standard InChI is InChI=1S/C16H19N3O4/c1-4-14-17-16(23-18-14)10-7-15(20)19(9-10)11-5-6-12(21-2)13(8-11)22-3/h5-6,8,10H,4,7,9H2,1-3H3. The molecule has 2 heterocycles. The number of benzene rings is 1. The SMILES string of the molecule is CCc1noc(C2CC(=O)N(c3ccc(OC)c(OC)c3)C2)n1. The minimum atomic E-state index is -0.0802. The number of carbonyl (C=O) groups is 1. The zero-order valence-corrected chi connectivity index (χ0v) is 13.4. The van der Waals surface area contributed by atoms with Crippen LogP contribution in [-0.4, -0.2) is 36.8 Å². The average Bonchev–Trinajstić information content (AvgIpc) is 3.20. The molecule has 122 valence electrons. The number of aryl methyl sites for hydroxylation is 1. The molecule has 1 fully saturated rings. The highest BCUT2D eigenvalue weighted by Crippen LogP contribution is 2.36. The van der Waals surface area contributed by atoms with Gasteiger partial charge in [-0.25, -0.2) is 0 Å². The van der Waals surface area contributed by atoms with Gasteiger partial charge in [-0.2, -0.15) is 4.98 Å². The third kappa shape index (κ3) is 2.86. The molecule has 0 radical (unpaired) electrons. The van der Waals surface area contributed by atoms with Gasteiger partial charge in [-0.05, 0) is 12.1 Å². The largest absolute Gasteiger partial charge is 0.493 e. The summed E-state index contributed by atoms with van der Waals surface area (Å²) < 4.78 is 15.8. The Balaban J connectivity index is 1.82. The van der Waals surface area contributed by atoms with Gasteiger partial charge in [-0.3, -0.25) is 4.79 Å². The van der Waals surface area contributed by atoms with Crippen LogP contribution in [-0.2, 0) is 11.2 Å². The van der Waals surface area contributed by atoms with Crippen molar-refractivity contribution in [2.24, 2.45) is 0 Å². The monoisotopic (exact) mass is 317 g/mol. The summed E-state index contributed by atoms with van der Waals surface area (Å²) in [6, 6.07) is 5.42. The van der Waals surface area contributed by atoms with Crippen molar-refractivity contribution in [1.29, 1.82) is 0 Å². The fourth-order valence-corrected chi connectivity index (χ4v) is 2.69. The Morgan fingerprint density at radius 3 is 2.74 bits per heavy atom. The Kier molecular flexibility index (Phi) is 4.18. The second kappa shape index (κ2) is 6.28. The zero-order chi connectivity index (χ0) is 16.4. The van der Waals surface area contributed by atoms with E-state index < -0.39 is 0 Å². The number of rotatable bonds is 5. The molecule has 1 aromatic heterocycles. The highest BCUT2D eigenvalue weighted by atomic mass is 16.5. The molecule has 1 aliphatic heterocycles. The summed E-state index contributed by atoms with van der Waals surface area (Å²) in [6.07, 6.45) is 1.07. The number of aromatic nitrogens is 2. The Morgan fingerprint density at radius 1 is 1.30 bits per heavy atom. The molecule has 7 heteroatoms. The molecule has 3 rings (SSSR count). The molecule has 1 atom stereocenters. The van der Waals surface area contributed by atoms with Crippen LogP contribution >= 0.6 is 0 Å². The van der Waals surface area contributed by atoms with Crippen LogP contribution in [0.2, 0.25) is 0 Å². The van der Waals surface area contributed by atoms with Crippen molar-refractivity contribution in [3.05, 3.63) is 29.9 Å². The number of amides is 1. The van der Waals surface area contributed by atoms with E-state index in [-0.39, 0.29) is 11.8 Å². The van der Waals surface area contributed by atoms with Gasteiger partial charge in [0.05, 0.1) is 20.1 Å². The van der Waals surface area contributed by atoms with Gasteiger partial charge in [0, 0.05) is 31.1 Å². The highest BCUT2D eigenvalue weighted by molar-refractivity contribution is 5.96. The Bertz CT molecular complexity index is 713. The quantitative estimate of drug-likeness (QED) is 0.841. The van der Waals surface area contributed by atoms with Gasteiger partial charge < -0.3 is 18.9 Å². The molecule has 0 spiro atoms. The first-order valence-electron chi connectivity index (χ1n) is 7.51. The lowest BCUT2D eigenvalue weighted by Crippen LogP contribution is -2.24. The third-order valence-electron chi connectivity index (χ3n) is 3.95. The molecule has 7 nitrogen and oxygen atoms in total. The van der Waals surface area contributed by atoms with E-state index in [0.29, 0.717) is 42.6 Å². The third-order valence-corrected chi connectivity index (χ3v) is 3.95. The van der Waals surface area contributed by atoms with Crippen molar-refractivity contribution in [1.82, 2.24) is 10.1 Å². The summed E-state index contributed by atoms with van der Waals surface area (Å²) in [5.41, 5.74) is 0.769. The van der Waals surface area contributed by atoms with Crippen LogP contribution in [0.25, 0.3) is 0 Å². The molecule has 1 amide bonds. The van der Waals surface area contributed by atoms with Crippen LogP contribution < -0.4 is 14.4 Å². The number of ether oxygens (including phenoxy) is 2. The predicted molar refractivity (Wildman–Crippen MR) is 82.9 cm³/mol. The molecular weight excluding hydrogens is 298 g/mol. The van der Waals surface area contributed by atoms with Crippen LogP contribution in [0.15, 0.2) is 22.7 Å². The smallest absolute Gasteiger partial charge is 0.232 e. The Morgan fingerprint density at radius 2 is 2.09 bits per heavy atom. The van der Waals surface area contributed by atoms with Crippen LogP contribution in [0.5, 0.6) is 11.5 Å². The van der Waals surface area contributed by atoms with Gasteiger partial charge in [0.25, 0.3) is 0 Å². The first-order chi connectivity index (χ1) is 11.2.